The van der Waals surface area contributed by atoms with E-state index in [0.717, 1.165) is 23.9 Å². The van der Waals surface area contributed by atoms with Gasteiger partial charge in [0.25, 0.3) is 0 Å². The van der Waals surface area contributed by atoms with E-state index in [4.69, 9.17) is 0 Å². The van der Waals surface area contributed by atoms with Gasteiger partial charge >= 0.3 is 0 Å². The Labute approximate surface area is 80.7 Å². The van der Waals surface area contributed by atoms with Gasteiger partial charge < -0.3 is 5.32 Å². The van der Waals surface area contributed by atoms with Crippen molar-refractivity contribution in [3.05, 3.63) is 0 Å². The van der Waals surface area contributed by atoms with E-state index in [9.17, 15) is 0 Å². The van der Waals surface area contributed by atoms with Crippen LogP contribution in [0.3, 0.4) is 0 Å². The van der Waals surface area contributed by atoms with E-state index in [0.29, 0.717) is 0 Å². The van der Waals surface area contributed by atoms with Crippen LogP contribution in [0, 0.1) is 11.8 Å². The Bertz CT molecular complexity index is 188. The average Bonchev–Trinajstić information content (AvgIpc) is 2.68. The van der Waals surface area contributed by atoms with Crippen LogP contribution in [0.4, 0.5) is 0 Å². The summed E-state index contributed by atoms with van der Waals surface area (Å²) in [6.45, 7) is 2.57. The molecule has 74 valence electrons. The maximum atomic E-state index is 3.47. The summed E-state index contributed by atoms with van der Waals surface area (Å²) in [5.41, 5.74) is 0. The Morgan fingerprint density at radius 2 is 1.69 bits per heavy atom. The molecule has 1 N–H and O–H groups in total. The Morgan fingerprint density at radius 1 is 1.08 bits per heavy atom. The van der Waals surface area contributed by atoms with E-state index >= 15 is 0 Å². The normalized spacial score (nSPS) is 44.3. The molecule has 3 rings (SSSR count). The number of hydrogen-bond donors (Lipinski definition) is 1. The molecule has 3 aliphatic rings. The van der Waals surface area contributed by atoms with Gasteiger partial charge in [0, 0.05) is 12.1 Å². The minimum absolute atomic E-state index is 0.926. The largest absolute Gasteiger partial charge is 0.316 e. The van der Waals surface area contributed by atoms with Crippen molar-refractivity contribution in [2.24, 2.45) is 11.8 Å². The fraction of sp³-hybridized carbons (Fsp3) is 1.00. The minimum atomic E-state index is 0.926. The van der Waals surface area contributed by atoms with Gasteiger partial charge in [-0.05, 0) is 44.8 Å². The molecule has 2 saturated carbocycles. The highest BCUT2D eigenvalue weighted by Gasteiger charge is 2.55. The molecule has 0 aromatic carbocycles. The molecule has 1 aliphatic heterocycles. The number of hydrogen-bond acceptors (Lipinski definition) is 2. The molecule has 0 amide bonds. The molecule has 1 heterocycles. The number of piperidine rings is 1. The predicted octanol–water partition coefficient (Wildman–Crippen LogP) is 1.08. The molecular weight excluding hydrogens is 160 g/mol. The molecular formula is C11H20N2. The first kappa shape index (κ1) is 8.25. The van der Waals surface area contributed by atoms with Gasteiger partial charge in [-0.15, -0.1) is 0 Å². The van der Waals surface area contributed by atoms with Crippen molar-refractivity contribution >= 4 is 0 Å². The first-order valence-corrected chi connectivity index (χ1v) is 5.80. The second kappa shape index (κ2) is 2.96. The van der Waals surface area contributed by atoms with Crippen molar-refractivity contribution in [2.75, 3.05) is 20.1 Å². The molecule has 0 aromatic heterocycles. The lowest BCUT2D eigenvalue weighted by Crippen LogP contribution is -2.36. The summed E-state index contributed by atoms with van der Waals surface area (Å²) in [5, 5.41) is 3.47. The lowest BCUT2D eigenvalue weighted by Gasteiger charge is -2.25. The zero-order valence-electron chi connectivity index (χ0n) is 8.50. The van der Waals surface area contributed by atoms with Crippen LogP contribution in [0.2, 0.25) is 0 Å². The van der Waals surface area contributed by atoms with Crippen LogP contribution in [0.5, 0.6) is 0 Å². The maximum Gasteiger partial charge on any atom is 0.0183 e. The fourth-order valence-electron chi connectivity index (χ4n) is 3.54. The van der Waals surface area contributed by atoms with Crippen molar-refractivity contribution in [2.45, 2.75) is 37.8 Å². The molecule has 2 atom stereocenters. The molecule has 0 bridgehead atoms. The molecule has 3 fully saturated rings. The molecule has 2 heteroatoms. The van der Waals surface area contributed by atoms with Crippen LogP contribution in [0.15, 0.2) is 0 Å². The Hall–Kier alpha value is -0.0800. The topological polar surface area (TPSA) is 15.3 Å². The lowest BCUT2D eigenvalue weighted by molar-refractivity contribution is 0.212. The van der Waals surface area contributed by atoms with E-state index < -0.39 is 0 Å². The summed E-state index contributed by atoms with van der Waals surface area (Å²) in [6.07, 6.45) is 5.85. The van der Waals surface area contributed by atoms with Crippen molar-refractivity contribution in [1.29, 1.82) is 0 Å². The van der Waals surface area contributed by atoms with Crippen LogP contribution in [0.25, 0.3) is 0 Å². The predicted molar refractivity (Wildman–Crippen MR) is 53.7 cm³/mol. The molecule has 1 saturated heterocycles. The van der Waals surface area contributed by atoms with E-state index in [1.165, 1.54) is 38.8 Å². The van der Waals surface area contributed by atoms with Gasteiger partial charge in [0.15, 0.2) is 0 Å². The van der Waals surface area contributed by atoms with Gasteiger partial charge in [-0.25, -0.2) is 0 Å². The first-order valence-electron chi connectivity index (χ1n) is 5.80. The van der Waals surface area contributed by atoms with Crippen molar-refractivity contribution in [3.8, 4) is 0 Å². The fourth-order valence-corrected chi connectivity index (χ4v) is 3.54. The van der Waals surface area contributed by atoms with Gasteiger partial charge in [-0.3, -0.25) is 4.90 Å². The number of nitrogens with zero attached hydrogens (tertiary/aromatic N) is 1. The standard InChI is InChI=1S/C11H20N2/c1-13(8-4-2-3-5-8)11-9-6-12-7-10(9)11/h8-12H,2-7H2,1H3. The number of fused-ring (bicyclic) bond motifs is 1. The molecule has 2 unspecified atom stereocenters. The molecule has 2 aliphatic carbocycles. The summed E-state index contributed by atoms with van der Waals surface area (Å²) in [4.78, 5) is 2.70. The van der Waals surface area contributed by atoms with Crippen molar-refractivity contribution < 1.29 is 0 Å². The highest BCUT2D eigenvalue weighted by Crippen LogP contribution is 2.47. The smallest absolute Gasteiger partial charge is 0.0183 e. The van der Waals surface area contributed by atoms with Gasteiger partial charge in [0.2, 0.25) is 0 Å². The van der Waals surface area contributed by atoms with Gasteiger partial charge in [-0.1, -0.05) is 12.8 Å². The summed E-state index contributed by atoms with van der Waals surface area (Å²) >= 11 is 0. The Kier molecular flexibility index (Phi) is 1.88. The third-order valence-electron chi connectivity index (χ3n) is 4.42. The second-order valence-corrected chi connectivity index (χ2v) is 5.08. The monoisotopic (exact) mass is 180 g/mol. The van der Waals surface area contributed by atoms with Gasteiger partial charge in [0.05, 0.1) is 0 Å². The number of rotatable bonds is 2. The molecule has 0 spiro atoms. The third-order valence-corrected chi connectivity index (χ3v) is 4.42. The van der Waals surface area contributed by atoms with E-state index in [-0.39, 0.29) is 0 Å². The molecule has 13 heavy (non-hydrogen) atoms. The average molecular weight is 180 g/mol. The maximum absolute atomic E-state index is 3.47. The van der Waals surface area contributed by atoms with E-state index in [1.807, 2.05) is 0 Å². The highest BCUT2D eigenvalue weighted by atomic mass is 15.2. The van der Waals surface area contributed by atoms with Crippen LogP contribution >= 0.6 is 0 Å². The summed E-state index contributed by atoms with van der Waals surface area (Å²) in [6, 6.07) is 1.87. The highest BCUT2D eigenvalue weighted by molar-refractivity contribution is 5.10. The zero-order valence-corrected chi connectivity index (χ0v) is 8.50. The minimum Gasteiger partial charge on any atom is -0.316 e. The zero-order chi connectivity index (χ0) is 8.84. The molecule has 0 aromatic rings. The third kappa shape index (κ3) is 1.23. The van der Waals surface area contributed by atoms with Crippen LogP contribution in [0.1, 0.15) is 25.7 Å². The van der Waals surface area contributed by atoms with Gasteiger partial charge in [0.1, 0.15) is 0 Å². The van der Waals surface area contributed by atoms with Gasteiger partial charge in [-0.2, -0.15) is 0 Å². The van der Waals surface area contributed by atoms with E-state index in [1.54, 1.807) is 0 Å². The molecule has 2 nitrogen and oxygen atoms in total. The first-order chi connectivity index (χ1) is 6.38. The summed E-state index contributed by atoms with van der Waals surface area (Å²) < 4.78 is 0. The quantitative estimate of drug-likeness (QED) is 0.684. The van der Waals surface area contributed by atoms with Crippen LogP contribution in [-0.2, 0) is 0 Å². The summed E-state index contributed by atoms with van der Waals surface area (Å²) in [7, 11) is 2.36. The van der Waals surface area contributed by atoms with E-state index in [2.05, 4.69) is 17.3 Å². The second-order valence-electron chi connectivity index (χ2n) is 5.08. The molecule has 0 radical (unpaired) electrons. The Balaban J connectivity index is 1.60. The summed E-state index contributed by atoms with van der Waals surface area (Å²) in [5.74, 6) is 2.01. The van der Waals surface area contributed by atoms with Crippen molar-refractivity contribution in [1.82, 2.24) is 10.2 Å². The van der Waals surface area contributed by atoms with Crippen LogP contribution in [-0.4, -0.2) is 37.1 Å². The van der Waals surface area contributed by atoms with Crippen LogP contribution < -0.4 is 5.32 Å². The Morgan fingerprint density at radius 3 is 2.31 bits per heavy atom. The van der Waals surface area contributed by atoms with Crippen molar-refractivity contribution in [3.63, 3.8) is 0 Å². The number of nitrogens with one attached hydrogen (secondary N) is 1. The lowest BCUT2D eigenvalue weighted by atomic mass is 10.2. The SMILES string of the molecule is CN(C1CCCC1)C1C2CNCC21.